The number of nitrogens with zero attached hydrogens (tertiary/aromatic N) is 1. The zero-order valence-electron chi connectivity index (χ0n) is 12.4. The van der Waals surface area contributed by atoms with Crippen LogP contribution in [0.1, 0.15) is 27.2 Å². The molecule has 2 rings (SSSR count). The van der Waals surface area contributed by atoms with Gasteiger partial charge >= 0.3 is 0 Å². The highest BCUT2D eigenvalue weighted by molar-refractivity contribution is 6.30. The fourth-order valence-corrected chi connectivity index (χ4v) is 2.51. The molecule has 0 bridgehead atoms. The summed E-state index contributed by atoms with van der Waals surface area (Å²) in [6.07, 6.45) is 1.12. The molecule has 20 heavy (non-hydrogen) atoms. The molecule has 0 aromatic heterocycles. The van der Waals surface area contributed by atoms with E-state index in [1.807, 2.05) is 32.9 Å². The molecule has 1 saturated heterocycles. The van der Waals surface area contributed by atoms with Crippen LogP contribution in [0.3, 0.4) is 0 Å². The molecule has 4 heteroatoms. The van der Waals surface area contributed by atoms with Crippen molar-refractivity contribution >= 4 is 23.2 Å². The summed E-state index contributed by atoms with van der Waals surface area (Å²) in [5.74, 6) is 0.652. The Kier molecular flexibility index (Phi) is 4.59. The Hall–Kier alpha value is -1.22. The number of amides is 1. The lowest BCUT2D eigenvalue weighted by Crippen LogP contribution is -2.38. The summed E-state index contributed by atoms with van der Waals surface area (Å²) in [7, 11) is 0. The van der Waals surface area contributed by atoms with E-state index in [0.29, 0.717) is 5.92 Å². The SMILES string of the molecule is CC(C)(C)C(=O)NC[C@H]1CCN(c2ccc(Cl)cc2)C1. The van der Waals surface area contributed by atoms with Gasteiger partial charge in [-0.3, -0.25) is 4.79 Å². The monoisotopic (exact) mass is 294 g/mol. The highest BCUT2D eigenvalue weighted by Gasteiger charge is 2.26. The van der Waals surface area contributed by atoms with E-state index in [1.54, 1.807) is 0 Å². The molecule has 1 aromatic carbocycles. The van der Waals surface area contributed by atoms with Gasteiger partial charge in [0, 0.05) is 35.8 Å². The maximum absolute atomic E-state index is 11.9. The van der Waals surface area contributed by atoms with Gasteiger partial charge in [-0.1, -0.05) is 32.4 Å². The molecule has 110 valence electrons. The van der Waals surface area contributed by atoms with Crippen LogP contribution in [0.2, 0.25) is 5.02 Å². The highest BCUT2D eigenvalue weighted by Crippen LogP contribution is 2.25. The van der Waals surface area contributed by atoms with Crippen molar-refractivity contribution in [3.05, 3.63) is 29.3 Å². The van der Waals surface area contributed by atoms with Crippen molar-refractivity contribution in [1.29, 1.82) is 0 Å². The van der Waals surface area contributed by atoms with Gasteiger partial charge in [0.15, 0.2) is 0 Å². The van der Waals surface area contributed by atoms with Crippen LogP contribution in [0, 0.1) is 11.3 Å². The zero-order chi connectivity index (χ0) is 14.8. The van der Waals surface area contributed by atoms with Crippen molar-refractivity contribution in [2.75, 3.05) is 24.5 Å². The smallest absolute Gasteiger partial charge is 0.225 e. The van der Waals surface area contributed by atoms with Gasteiger partial charge in [-0.2, -0.15) is 0 Å². The summed E-state index contributed by atoms with van der Waals surface area (Å²) in [6.45, 7) is 8.62. The van der Waals surface area contributed by atoms with Crippen molar-refractivity contribution in [2.24, 2.45) is 11.3 Å². The largest absolute Gasteiger partial charge is 0.371 e. The van der Waals surface area contributed by atoms with Crippen LogP contribution in [0.4, 0.5) is 5.69 Å². The molecule has 0 radical (unpaired) electrons. The van der Waals surface area contributed by atoms with E-state index >= 15 is 0 Å². The van der Waals surface area contributed by atoms with Gasteiger partial charge in [-0.25, -0.2) is 0 Å². The van der Waals surface area contributed by atoms with Gasteiger partial charge in [0.1, 0.15) is 0 Å². The predicted molar refractivity (Wildman–Crippen MR) is 84.2 cm³/mol. The molecule has 0 saturated carbocycles. The third kappa shape index (κ3) is 3.89. The minimum atomic E-state index is -0.311. The first-order valence-corrected chi connectivity index (χ1v) is 7.53. The summed E-state index contributed by atoms with van der Waals surface area (Å²) < 4.78 is 0. The average Bonchev–Trinajstić information content (AvgIpc) is 2.84. The molecule has 1 fully saturated rings. The molecule has 1 aromatic rings. The van der Waals surface area contributed by atoms with E-state index in [4.69, 9.17) is 11.6 Å². The molecule has 0 spiro atoms. The van der Waals surface area contributed by atoms with Gasteiger partial charge in [0.05, 0.1) is 0 Å². The molecular weight excluding hydrogens is 272 g/mol. The Labute approximate surface area is 126 Å². The second kappa shape index (κ2) is 6.04. The summed E-state index contributed by atoms with van der Waals surface area (Å²) >= 11 is 5.91. The van der Waals surface area contributed by atoms with Crippen molar-refractivity contribution in [3.63, 3.8) is 0 Å². The number of carbonyl (C=O) groups excluding carboxylic acids is 1. The lowest BCUT2D eigenvalue weighted by molar-refractivity contribution is -0.128. The molecule has 1 amide bonds. The second-order valence-corrected chi connectivity index (χ2v) is 6.97. The number of halogens is 1. The van der Waals surface area contributed by atoms with E-state index < -0.39 is 0 Å². The predicted octanol–water partition coefficient (Wildman–Crippen LogP) is 3.33. The van der Waals surface area contributed by atoms with Crippen LogP contribution in [-0.2, 0) is 4.79 Å². The Morgan fingerprint density at radius 3 is 2.60 bits per heavy atom. The third-order valence-corrected chi connectivity index (χ3v) is 3.96. The average molecular weight is 295 g/mol. The Bertz CT molecular complexity index is 464. The van der Waals surface area contributed by atoms with E-state index in [2.05, 4.69) is 22.3 Å². The van der Waals surface area contributed by atoms with Gasteiger partial charge < -0.3 is 10.2 Å². The molecular formula is C16H23ClN2O. The number of hydrogen-bond donors (Lipinski definition) is 1. The van der Waals surface area contributed by atoms with E-state index in [1.165, 1.54) is 5.69 Å². The van der Waals surface area contributed by atoms with E-state index in [-0.39, 0.29) is 11.3 Å². The van der Waals surface area contributed by atoms with Gasteiger partial charge in [0.2, 0.25) is 5.91 Å². The molecule has 1 heterocycles. The summed E-state index contributed by atoms with van der Waals surface area (Å²) in [5, 5.41) is 3.82. The first-order chi connectivity index (χ1) is 9.36. The van der Waals surface area contributed by atoms with Gasteiger partial charge in [0.25, 0.3) is 0 Å². The minimum absolute atomic E-state index is 0.127. The van der Waals surface area contributed by atoms with Crippen LogP contribution in [0.15, 0.2) is 24.3 Å². The molecule has 0 aliphatic carbocycles. The van der Waals surface area contributed by atoms with Crippen molar-refractivity contribution in [3.8, 4) is 0 Å². The number of carbonyl (C=O) groups is 1. The van der Waals surface area contributed by atoms with Crippen LogP contribution >= 0.6 is 11.6 Å². The molecule has 1 atom stereocenters. The molecule has 1 N–H and O–H groups in total. The van der Waals surface area contributed by atoms with E-state index in [9.17, 15) is 4.79 Å². The van der Waals surface area contributed by atoms with Crippen LogP contribution in [-0.4, -0.2) is 25.5 Å². The molecule has 3 nitrogen and oxygen atoms in total. The first kappa shape index (κ1) is 15.2. The van der Waals surface area contributed by atoms with Crippen molar-refractivity contribution in [2.45, 2.75) is 27.2 Å². The van der Waals surface area contributed by atoms with Crippen LogP contribution in [0.5, 0.6) is 0 Å². The zero-order valence-corrected chi connectivity index (χ0v) is 13.2. The quantitative estimate of drug-likeness (QED) is 0.927. The lowest BCUT2D eigenvalue weighted by atomic mass is 9.95. The number of rotatable bonds is 3. The number of hydrogen-bond acceptors (Lipinski definition) is 2. The fourth-order valence-electron chi connectivity index (χ4n) is 2.39. The normalized spacial score (nSPS) is 19.2. The van der Waals surface area contributed by atoms with Crippen LogP contribution < -0.4 is 10.2 Å². The van der Waals surface area contributed by atoms with Crippen LogP contribution in [0.25, 0.3) is 0 Å². The third-order valence-electron chi connectivity index (χ3n) is 3.71. The minimum Gasteiger partial charge on any atom is -0.371 e. The maximum atomic E-state index is 11.9. The van der Waals surface area contributed by atoms with Gasteiger partial charge in [-0.15, -0.1) is 0 Å². The summed E-state index contributed by atoms with van der Waals surface area (Å²) in [4.78, 5) is 14.2. The Morgan fingerprint density at radius 2 is 2.00 bits per heavy atom. The second-order valence-electron chi connectivity index (χ2n) is 6.54. The summed E-state index contributed by atoms with van der Waals surface area (Å²) in [6, 6.07) is 7.95. The van der Waals surface area contributed by atoms with E-state index in [0.717, 1.165) is 31.1 Å². The molecule has 1 aliphatic heterocycles. The van der Waals surface area contributed by atoms with Crippen molar-refractivity contribution < 1.29 is 4.79 Å². The molecule has 0 unspecified atom stereocenters. The maximum Gasteiger partial charge on any atom is 0.225 e. The fraction of sp³-hybridized carbons (Fsp3) is 0.562. The van der Waals surface area contributed by atoms with Crippen molar-refractivity contribution in [1.82, 2.24) is 5.32 Å². The number of benzene rings is 1. The number of nitrogens with one attached hydrogen (secondary N) is 1. The van der Waals surface area contributed by atoms with Gasteiger partial charge in [-0.05, 0) is 36.6 Å². The summed E-state index contributed by atoms with van der Waals surface area (Å²) in [5.41, 5.74) is 0.896. The number of anilines is 1. The topological polar surface area (TPSA) is 32.3 Å². The highest BCUT2D eigenvalue weighted by atomic mass is 35.5. The molecule has 1 aliphatic rings. The first-order valence-electron chi connectivity index (χ1n) is 7.15. The lowest BCUT2D eigenvalue weighted by Gasteiger charge is -2.21. The Balaban J connectivity index is 1.84. The standard InChI is InChI=1S/C16H23ClN2O/c1-16(2,3)15(20)18-10-12-8-9-19(11-12)14-6-4-13(17)5-7-14/h4-7,12H,8-11H2,1-3H3,(H,18,20)/t12-/m1/s1. The Morgan fingerprint density at radius 1 is 1.35 bits per heavy atom.